The van der Waals surface area contributed by atoms with Gasteiger partial charge in [-0.05, 0) is 28.1 Å². The molecule has 1 aromatic carbocycles. The predicted molar refractivity (Wildman–Crippen MR) is 54.3 cm³/mol. The summed E-state index contributed by atoms with van der Waals surface area (Å²) in [4.78, 5) is 11.2. The van der Waals surface area contributed by atoms with Crippen molar-refractivity contribution in [3.05, 3.63) is 31.4 Å². The van der Waals surface area contributed by atoms with E-state index in [9.17, 15) is 4.79 Å². The van der Waals surface area contributed by atoms with Crippen molar-refractivity contribution in [1.82, 2.24) is 10.2 Å². The standard InChI is InChI=1S/C7H4Br2N2O/c8-3-1-4(9)6-5(2-3)10-11-7(6)12/h1-2H,(H2,10,11,12). The van der Waals surface area contributed by atoms with Crippen molar-refractivity contribution < 1.29 is 0 Å². The molecule has 1 heterocycles. The summed E-state index contributed by atoms with van der Waals surface area (Å²) < 4.78 is 1.71. The van der Waals surface area contributed by atoms with Gasteiger partial charge < -0.3 is 0 Å². The number of rotatable bonds is 0. The van der Waals surface area contributed by atoms with E-state index in [2.05, 4.69) is 42.1 Å². The zero-order valence-corrected chi connectivity index (χ0v) is 8.99. The number of hydrogen-bond acceptors (Lipinski definition) is 1. The average Bonchev–Trinajstić information content (AvgIpc) is 2.31. The molecule has 0 saturated carbocycles. The molecule has 0 atom stereocenters. The highest BCUT2D eigenvalue weighted by molar-refractivity contribution is 9.11. The number of hydrogen-bond donors (Lipinski definition) is 2. The summed E-state index contributed by atoms with van der Waals surface area (Å²) in [6, 6.07) is 3.68. The van der Waals surface area contributed by atoms with Crippen LogP contribution >= 0.6 is 31.9 Å². The summed E-state index contributed by atoms with van der Waals surface area (Å²) in [5.74, 6) is 0. The zero-order valence-electron chi connectivity index (χ0n) is 5.82. The normalized spacial score (nSPS) is 10.8. The van der Waals surface area contributed by atoms with E-state index in [1.165, 1.54) is 0 Å². The fourth-order valence-electron chi connectivity index (χ4n) is 1.09. The van der Waals surface area contributed by atoms with Crippen molar-refractivity contribution in [2.75, 3.05) is 0 Å². The van der Waals surface area contributed by atoms with Crippen LogP contribution in [0.1, 0.15) is 0 Å². The summed E-state index contributed by atoms with van der Waals surface area (Å²) in [7, 11) is 0. The van der Waals surface area contributed by atoms with Gasteiger partial charge in [-0.3, -0.25) is 15.0 Å². The predicted octanol–water partition coefficient (Wildman–Crippen LogP) is 2.38. The van der Waals surface area contributed by atoms with E-state index < -0.39 is 0 Å². The van der Waals surface area contributed by atoms with Gasteiger partial charge in [0.15, 0.2) is 0 Å². The van der Waals surface area contributed by atoms with Crippen LogP contribution in [0.25, 0.3) is 10.9 Å². The SMILES string of the molecule is O=c1[nH][nH]c2cc(Br)cc(Br)c12. The van der Waals surface area contributed by atoms with Gasteiger partial charge in [-0.2, -0.15) is 0 Å². The molecule has 1 aromatic heterocycles. The van der Waals surface area contributed by atoms with E-state index in [0.717, 1.165) is 14.5 Å². The Bertz CT molecular complexity index is 486. The van der Waals surface area contributed by atoms with E-state index in [-0.39, 0.29) is 5.56 Å². The number of aromatic amines is 2. The molecule has 0 fully saturated rings. The highest BCUT2D eigenvalue weighted by Gasteiger charge is 2.05. The van der Waals surface area contributed by atoms with E-state index in [1.54, 1.807) is 0 Å². The van der Waals surface area contributed by atoms with Crippen LogP contribution in [0.5, 0.6) is 0 Å². The molecule has 0 unspecified atom stereocenters. The molecule has 0 aliphatic rings. The monoisotopic (exact) mass is 290 g/mol. The quantitative estimate of drug-likeness (QED) is 0.769. The Morgan fingerprint density at radius 3 is 2.67 bits per heavy atom. The lowest BCUT2D eigenvalue weighted by Crippen LogP contribution is -1.97. The largest absolute Gasteiger partial charge is 0.297 e. The van der Waals surface area contributed by atoms with Crippen LogP contribution in [0, 0.1) is 0 Å². The minimum absolute atomic E-state index is 0.107. The second-order valence-electron chi connectivity index (χ2n) is 2.39. The summed E-state index contributed by atoms with van der Waals surface area (Å²) >= 11 is 6.63. The third kappa shape index (κ3) is 1.13. The maximum Gasteiger partial charge on any atom is 0.272 e. The fourth-order valence-corrected chi connectivity index (χ4v) is 2.49. The van der Waals surface area contributed by atoms with Crippen LogP contribution in [-0.2, 0) is 0 Å². The van der Waals surface area contributed by atoms with Gasteiger partial charge in [0.1, 0.15) is 0 Å². The number of aromatic nitrogens is 2. The van der Waals surface area contributed by atoms with Gasteiger partial charge in [0, 0.05) is 8.95 Å². The topological polar surface area (TPSA) is 48.6 Å². The van der Waals surface area contributed by atoms with Gasteiger partial charge in [0.25, 0.3) is 5.56 Å². The smallest absolute Gasteiger partial charge is 0.272 e. The molecule has 0 bridgehead atoms. The first-order chi connectivity index (χ1) is 5.68. The van der Waals surface area contributed by atoms with Crippen molar-refractivity contribution in [3.63, 3.8) is 0 Å². The molecule has 62 valence electrons. The highest BCUT2D eigenvalue weighted by atomic mass is 79.9. The molecule has 5 heteroatoms. The number of benzene rings is 1. The first-order valence-electron chi connectivity index (χ1n) is 3.24. The third-order valence-electron chi connectivity index (χ3n) is 1.59. The molecule has 0 amide bonds. The molecular weight excluding hydrogens is 288 g/mol. The van der Waals surface area contributed by atoms with Crippen molar-refractivity contribution in [2.24, 2.45) is 0 Å². The molecule has 0 aliphatic carbocycles. The van der Waals surface area contributed by atoms with Gasteiger partial charge in [-0.15, -0.1) is 0 Å². The van der Waals surface area contributed by atoms with Gasteiger partial charge in [-0.25, -0.2) is 0 Å². The summed E-state index contributed by atoms with van der Waals surface area (Å²) in [5.41, 5.74) is 0.686. The Morgan fingerprint density at radius 2 is 1.92 bits per heavy atom. The first-order valence-corrected chi connectivity index (χ1v) is 4.82. The number of halogens is 2. The van der Waals surface area contributed by atoms with Gasteiger partial charge in [0.2, 0.25) is 0 Å². The van der Waals surface area contributed by atoms with Crippen molar-refractivity contribution in [3.8, 4) is 0 Å². The maximum atomic E-state index is 11.2. The summed E-state index contributed by atoms with van der Waals surface area (Å²) in [6.45, 7) is 0. The van der Waals surface area contributed by atoms with E-state index in [0.29, 0.717) is 5.39 Å². The molecule has 2 rings (SSSR count). The lowest BCUT2D eigenvalue weighted by Gasteiger charge is -1.93. The number of H-pyrrole nitrogens is 2. The zero-order chi connectivity index (χ0) is 8.72. The Morgan fingerprint density at radius 1 is 1.17 bits per heavy atom. The maximum absolute atomic E-state index is 11.2. The Balaban J connectivity index is 3.03. The van der Waals surface area contributed by atoms with Crippen LogP contribution in [0.4, 0.5) is 0 Å². The van der Waals surface area contributed by atoms with Gasteiger partial charge in [-0.1, -0.05) is 15.9 Å². The van der Waals surface area contributed by atoms with Crippen molar-refractivity contribution in [1.29, 1.82) is 0 Å². The van der Waals surface area contributed by atoms with E-state index in [4.69, 9.17) is 0 Å². The fraction of sp³-hybridized carbons (Fsp3) is 0. The Kier molecular flexibility index (Phi) is 1.84. The molecule has 3 nitrogen and oxygen atoms in total. The van der Waals surface area contributed by atoms with Crippen molar-refractivity contribution >= 4 is 42.8 Å². The van der Waals surface area contributed by atoms with Crippen LogP contribution in [0.3, 0.4) is 0 Å². The molecule has 0 spiro atoms. The molecular formula is C7H4Br2N2O. The molecule has 0 saturated heterocycles. The van der Waals surface area contributed by atoms with Crippen LogP contribution < -0.4 is 5.56 Å². The number of nitrogens with one attached hydrogen (secondary N) is 2. The third-order valence-corrected chi connectivity index (χ3v) is 2.68. The molecule has 12 heavy (non-hydrogen) atoms. The molecule has 2 aromatic rings. The van der Waals surface area contributed by atoms with Gasteiger partial charge >= 0.3 is 0 Å². The summed E-state index contributed by atoms with van der Waals surface area (Å²) in [6.07, 6.45) is 0. The van der Waals surface area contributed by atoms with E-state index >= 15 is 0 Å². The Hall–Kier alpha value is -0.550. The number of fused-ring (bicyclic) bond motifs is 1. The lowest BCUT2D eigenvalue weighted by atomic mass is 10.3. The highest BCUT2D eigenvalue weighted by Crippen LogP contribution is 2.24. The van der Waals surface area contributed by atoms with Crippen molar-refractivity contribution in [2.45, 2.75) is 0 Å². The molecule has 0 radical (unpaired) electrons. The van der Waals surface area contributed by atoms with E-state index in [1.807, 2.05) is 12.1 Å². The van der Waals surface area contributed by atoms with Gasteiger partial charge in [0.05, 0.1) is 10.9 Å². The molecule has 2 N–H and O–H groups in total. The minimum atomic E-state index is -0.107. The van der Waals surface area contributed by atoms with Crippen LogP contribution in [0.2, 0.25) is 0 Å². The second-order valence-corrected chi connectivity index (χ2v) is 4.16. The second kappa shape index (κ2) is 2.74. The Labute approximate surface area is 84.4 Å². The van der Waals surface area contributed by atoms with Crippen LogP contribution in [0.15, 0.2) is 25.9 Å². The summed E-state index contributed by atoms with van der Waals surface area (Å²) in [5, 5.41) is 5.94. The van der Waals surface area contributed by atoms with Crippen LogP contribution in [-0.4, -0.2) is 10.2 Å². The lowest BCUT2D eigenvalue weighted by molar-refractivity contribution is 1.08. The minimum Gasteiger partial charge on any atom is -0.297 e. The molecule has 0 aliphatic heterocycles. The average molecular weight is 292 g/mol. The first kappa shape index (κ1) is 8.07.